The molecule has 0 bridgehead atoms. The highest BCUT2D eigenvalue weighted by molar-refractivity contribution is 6.30. The van der Waals surface area contributed by atoms with E-state index in [0.717, 1.165) is 11.1 Å². The minimum atomic E-state index is -0.338. The van der Waals surface area contributed by atoms with E-state index < -0.39 is 0 Å². The number of hydrogen-bond acceptors (Lipinski definition) is 2. The molecule has 0 radical (unpaired) electrons. The van der Waals surface area contributed by atoms with Gasteiger partial charge in [0.1, 0.15) is 6.10 Å². The Morgan fingerprint density at radius 1 is 0.950 bits per heavy atom. The first-order valence-electron chi connectivity index (χ1n) is 6.37. The molecule has 0 amide bonds. The van der Waals surface area contributed by atoms with Crippen LogP contribution in [0.15, 0.2) is 66.7 Å². The normalized spacial score (nSPS) is 21.9. The quantitative estimate of drug-likeness (QED) is 0.608. The van der Waals surface area contributed by atoms with Crippen LogP contribution < -0.4 is 0 Å². The van der Waals surface area contributed by atoms with Crippen LogP contribution in [0.1, 0.15) is 23.1 Å². The lowest BCUT2D eigenvalue weighted by Gasteiger charge is -2.18. The summed E-state index contributed by atoms with van der Waals surface area (Å²) in [5.41, 5.74) is 2.45. The van der Waals surface area contributed by atoms with E-state index in [4.69, 9.17) is 16.3 Å². The summed E-state index contributed by atoms with van der Waals surface area (Å²) in [6.07, 6.45) is -0.338. The molecule has 0 saturated carbocycles. The predicted octanol–water partition coefficient (Wildman–Crippen LogP) is 4.28. The van der Waals surface area contributed by atoms with Gasteiger partial charge in [-0.2, -0.15) is 0 Å². The molecule has 3 rings (SSSR count). The second kappa shape index (κ2) is 5.14. The lowest BCUT2D eigenvalue weighted by Crippen LogP contribution is -2.06. The largest absolute Gasteiger partial charge is 0.453 e. The number of carbonyl (C=O) groups is 1. The number of ether oxygens (including phenoxy) is 1. The van der Waals surface area contributed by atoms with E-state index >= 15 is 0 Å². The molecule has 2 aromatic carbocycles. The standard InChI is InChI=1S/C17H13ClO2/c1-11-15(12-5-3-2-4-6-12)16(20-17(11)19)13-7-9-14(18)10-8-13/h2-10,15-16H,1H2/t15-,16-/m1/s1. The van der Waals surface area contributed by atoms with Gasteiger partial charge in [-0.25, -0.2) is 4.79 Å². The molecule has 0 aromatic heterocycles. The van der Waals surface area contributed by atoms with E-state index in [2.05, 4.69) is 6.58 Å². The van der Waals surface area contributed by atoms with Gasteiger partial charge in [-0.05, 0) is 23.3 Å². The summed E-state index contributed by atoms with van der Waals surface area (Å²) >= 11 is 5.90. The smallest absolute Gasteiger partial charge is 0.334 e. The Bertz CT molecular complexity index is 646. The van der Waals surface area contributed by atoms with Crippen molar-refractivity contribution in [1.29, 1.82) is 0 Å². The molecule has 2 aromatic rings. The Kier molecular flexibility index (Phi) is 3.33. The van der Waals surface area contributed by atoms with Crippen LogP contribution in [-0.4, -0.2) is 5.97 Å². The van der Waals surface area contributed by atoms with Crippen LogP contribution in [0.2, 0.25) is 5.02 Å². The number of cyclic esters (lactones) is 1. The molecule has 1 aliphatic heterocycles. The maximum absolute atomic E-state index is 11.9. The fourth-order valence-corrected chi connectivity index (χ4v) is 2.64. The van der Waals surface area contributed by atoms with Crippen LogP contribution >= 0.6 is 11.6 Å². The van der Waals surface area contributed by atoms with E-state index in [9.17, 15) is 4.79 Å². The van der Waals surface area contributed by atoms with Crippen LogP contribution in [-0.2, 0) is 9.53 Å². The van der Waals surface area contributed by atoms with E-state index in [0.29, 0.717) is 10.6 Å². The lowest BCUT2D eigenvalue weighted by molar-refractivity contribution is -0.139. The summed E-state index contributed by atoms with van der Waals surface area (Å²) in [5.74, 6) is -0.483. The molecule has 20 heavy (non-hydrogen) atoms. The van der Waals surface area contributed by atoms with E-state index in [1.165, 1.54) is 0 Å². The fourth-order valence-electron chi connectivity index (χ4n) is 2.52. The van der Waals surface area contributed by atoms with Crippen molar-refractivity contribution in [2.45, 2.75) is 12.0 Å². The minimum absolute atomic E-state index is 0.148. The van der Waals surface area contributed by atoms with Crippen molar-refractivity contribution < 1.29 is 9.53 Å². The number of benzene rings is 2. The van der Waals surface area contributed by atoms with E-state index in [1.807, 2.05) is 42.5 Å². The van der Waals surface area contributed by atoms with Crippen molar-refractivity contribution in [3.8, 4) is 0 Å². The summed E-state index contributed by atoms with van der Waals surface area (Å²) in [6.45, 7) is 3.89. The van der Waals surface area contributed by atoms with Gasteiger partial charge >= 0.3 is 5.97 Å². The van der Waals surface area contributed by atoms with Crippen LogP contribution in [0.3, 0.4) is 0 Å². The van der Waals surface area contributed by atoms with Crippen molar-refractivity contribution in [2.24, 2.45) is 0 Å². The molecule has 1 aliphatic rings. The molecule has 2 nitrogen and oxygen atoms in total. The van der Waals surface area contributed by atoms with Crippen molar-refractivity contribution in [3.05, 3.63) is 82.9 Å². The molecule has 2 atom stereocenters. The summed E-state index contributed by atoms with van der Waals surface area (Å²) in [7, 11) is 0. The topological polar surface area (TPSA) is 26.3 Å². The van der Waals surface area contributed by atoms with Crippen LogP contribution in [0.5, 0.6) is 0 Å². The zero-order valence-corrected chi connectivity index (χ0v) is 11.5. The van der Waals surface area contributed by atoms with Gasteiger partial charge in [0.25, 0.3) is 0 Å². The van der Waals surface area contributed by atoms with Gasteiger partial charge in [-0.15, -0.1) is 0 Å². The zero-order chi connectivity index (χ0) is 14.1. The fraction of sp³-hybridized carbons (Fsp3) is 0.118. The Labute approximate surface area is 122 Å². The van der Waals surface area contributed by atoms with Crippen molar-refractivity contribution >= 4 is 17.6 Å². The molecule has 100 valence electrons. The monoisotopic (exact) mass is 284 g/mol. The van der Waals surface area contributed by atoms with Gasteiger partial charge < -0.3 is 4.74 Å². The number of carbonyl (C=O) groups excluding carboxylic acids is 1. The third-order valence-electron chi connectivity index (χ3n) is 3.53. The molecule has 0 spiro atoms. The summed E-state index contributed by atoms with van der Waals surface area (Å²) in [6, 6.07) is 17.2. The Morgan fingerprint density at radius 2 is 1.60 bits per heavy atom. The Balaban J connectivity index is 2.02. The molecule has 1 fully saturated rings. The number of rotatable bonds is 2. The van der Waals surface area contributed by atoms with Gasteiger partial charge in [-0.1, -0.05) is 60.6 Å². The molecule has 1 saturated heterocycles. The second-order valence-electron chi connectivity index (χ2n) is 4.79. The summed E-state index contributed by atoms with van der Waals surface area (Å²) < 4.78 is 5.48. The van der Waals surface area contributed by atoms with Gasteiger partial charge in [0, 0.05) is 10.6 Å². The third-order valence-corrected chi connectivity index (χ3v) is 3.78. The average Bonchev–Trinajstić information content (AvgIpc) is 2.77. The number of esters is 1. The van der Waals surface area contributed by atoms with Crippen molar-refractivity contribution in [3.63, 3.8) is 0 Å². The highest BCUT2D eigenvalue weighted by Gasteiger charge is 2.40. The Morgan fingerprint density at radius 3 is 2.25 bits per heavy atom. The number of hydrogen-bond donors (Lipinski definition) is 0. The first-order valence-corrected chi connectivity index (χ1v) is 6.75. The first kappa shape index (κ1) is 12.9. The van der Waals surface area contributed by atoms with Crippen molar-refractivity contribution in [2.75, 3.05) is 0 Å². The second-order valence-corrected chi connectivity index (χ2v) is 5.23. The molecule has 0 unspecified atom stereocenters. The summed E-state index contributed by atoms with van der Waals surface area (Å²) in [4.78, 5) is 11.9. The highest BCUT2D eigenvalue weighted by Crippen LogP contribution is 2.44. The van der Waals surface area contributed by atoms with Crippen LogP contribution in [0, 0.1) is 0 Å². The van der Waals surface area contributed by atoms with Gasteiger partial charge in [0.15, 0.2) is 0 Å². The molecule has 0 N–H and O–H groups in total. The number of halogens is 1. The Hall–Kier alpha value is -2.06. The van der Waals surface area contributed by atoms with Gasteiger partial charge in [-0.3, -0.25) is 0 Å². The maximum atomic E-state index is 11.9. The van der Waals surface area contributed by atoms with Crippen molar-refractivity contribution in [1.82, 2.24) is 0 Å². The van der Waals surface area contributed by atoms with E-state index in [-0.39, 0.29) is 18.0 Å². The predicted molar refractivity (Wildman–Crippen MR) is 78.6 cm³/mol. The van der Waals surface area contributed by atoms with Gasteiger partial charge in [0.2, 0.25) is 0 Å². The van der Waals surface area contributed by atoms with Crippen LogP contribution in [0.4, 0.5) is 0 Å². The average molecular weight is 285 g/mol. The molecule has 0 aliphatic carbocycles. The van der Waals surface area contributed by atoms with E-state index in [1.54, 1.807) is 12.1 Å². The lowest BCUT2D eigenvalue weighted by atomic mass is 9.86. The SMILES string of the molecule is C=C1C(=O)O[C@H](c2ccc(Cl)cc2)[C@H]1c1ccccc1. The zero-order valence-electron chi connectivity index (χ0n) is 10.8. The first-order chi connectivity index (χ1) is 9.66. The van der Waals surface area contributed by atoms with Gasteiger partial charge in [0.05, 0.1) is 5.92 Å². The highest BCUT2D eigenvalue weighted by atomic mass is 35.5. The van der Waals surface area contributed by atoms with Crippen LogP contribution in [0.25, 0.3) is 0 Å². The molecular formula is C17H13ClO2. The molecule has 1 heterocycles. The molecule has 3 heteroatoms. The third kappa shape index (κ3) is 2.23. The molecular weight excluding hydrogens is 272 g/mol. The maximum Gasteiger partial charge on any atom is 0.334 e. The minimum Gasteiger partial charge on any atom is -0.453 e. The summed E-state index contributed by atoms with van der Waals surface area (Å²) in [5, 5.41) is 0.660.